The van der Waals surface area contributed by atoms with Gasteiger partial charge in [0.25, 0.3) is 0 Å². The molecule has 0 aliphatic heterocycles. The molecule has 100 valence electrons. The molecule has 0 aliphatic carbocycles. The average Bonchev–Trinajstić information content (AvgIpc) is 2.40. The first-order valence-corrected chi connectivity index (χ1v) is 8.37. The van der Waals surface area contributed by atoms with Crippen LogP contribution in [-0.2, 0) is 6.54 Å². The van der Waals surface area contributed by atoms with Crippen LogP contribution in [0.5, 0.6) is 0 Å². The molecule has 1 N–H and O–H groups in total. The summed E-state index contributed by atoms with van der Waals surface area (Å²) in [5.41, 5.74) is 2.54. The number of nitrogens with one attached hydrogen (secondary N) is 1. The van der Waals surface area contributed by atoms with Crippen LogP contribution in [0.15, 0.2) is 55.9 Å². The van der Waals surface area contributed by atoms with Crippen LogP contribution in [0, 0.1) is 0 Å². The summed E-state index contributed by atoms with van der Waals surface area (Å²) < 4.78 is 3.28. The molecule has 0 bridgehead atoms. The van der Waals surface area contributed by atoms with Gasteiger partial charge in [-0.1, -0.05) is 34.1 Å². The average molecular weight is 448 g/mol. The Labute approximate surface area is 139 Å². The highest BCUT2D eigenvalue weighted by molar-refractivity contribution is 9.13. The summed E-state index contributed by atoms with van der Waals surface area (Å²) in [4.78, 5) is 0. The molecule has 0 spiro atoms. The Morgan fingerprint density at radius 2 is 1.79 bits per heavy atom. The number of benzene rings is 2. The van der Waals surface area contributed by atoms with E-state index >= 15 is 0 Å². The highest BCUT2D eigenvalue weighted by atomic mass is 79.9. The lowest BCUT2D eigenvalue weighted by Gasteiger charge is -2.15. The zero-order valence-electron chi connectivity index (χ0n) is 10.5. The van der Waals surface area contributed by atoms with Crippen molar-refractivity contribution in [2.45, 2.75) is 19.5 Å². The normalized spacial score (nSPS) is 12.4. The van der Waals surface area contributed by atoms with Gasteiger partial charge in [0, 0.05) is 26.0 Å². The molecular formula is C15H14Br3N. The van der Waals surface area contributed by atoms with Crippen molar-refractivity contribution in [3.8, 4) is 0 Å². The number of rotatable bonds is 4. The largest absolute Gasteiger partial charge is 0.306 e. The summed E-state index contributed by atoms with van der Waals surface area (Å²) in [6.45, 7) is 3.02. The Kier molecular flexibility index (Phi) is 5.63. The third kappa shape index (κ3) is 4.42. The topological polar surface area (TPSA) is 12.0 Å². The second-order valence-corrected chi connectivity index (χ2v) is 7.03. The maximum atomic E-state index is 3.53. The predicted octanol–water partition coefficient (Wildman–Crippen LogP) is 5.82. The van der Waals surface area contributed by atoms with Crippen LogP contribution < -0.4 is 5.32 Å². The summed E-state index contributed by atoms with van der Waals surface area (Å²) in [5.74, 6) is 0. The molecule has 1 atom stereocenters. The fourth-order valence-electron chi connectivity index (χ4n) is 1.81. The van der Waals surface area contributed by atoms with Gasteiger partial charge in [-0.25, -0.2) is 0 Å². The van der Waals surface area contributed by atoms with Gasteiger partial charge < -0.3 is 5.32 Å². The first-order chi connectivity index (χ1) is 9.06. The summed E-state index contributed by atoms with van der Waals surface area (Å²) in [6, 6.07) is 15.0. The molecule has 0 amide bonds. The standard InChI is InChI=1S/C15H14Br3N/c1-10(12-3-2-4-13(16)8-12)19-9-11-5-6-14(17)15(18)7-11/h2-8,10,19H,9H2,1H3/t10-/m0/s1. The zero-order valence-corrected chi connectivity index (χ0v) is 15.2. The van der Waals surface area contributed by atoms with Gasteiger partial charge >= 0.3 is 0 Å². The molecule has 0 fully saturated rings. The second-order valence-electron chi connectivity index (χ2n) is 4.41. The van der Waals surface area contributed by atoms with Gasteiger partial charge in [0.05, 0.1) is 0 Å². The molecule has 19 heavy (non-hydrogen) atoms. The van der Waals surface area contributed by atoms with Crippen molar-refractivity contribution in [2.75, 3.05) is 0 Å². The van der Waals surface area contributed by atoms with E-state index in [1.54, 1.807) is 0 Å². The van der Waals surface area contributed by atoms with Crippen LogP contribution in [0.1, 0.15) is 24.1 Å². The Balaban J connectivity index is 2.00. The van der Waals surface area contributed by atoms with E-state index in [2.05, 4.69) is 96.4 Å². The van der Waals surface area contributed by atoms with Crippen molar-refractivity contribution in [1.29, 1.82) is 0 Å². The molecule has 0 unspecified atom stereocenters. The van der Waals surface area contributed by atoms with Crippen LogP contribution in [-0.4, -0.2) is 0 Å². The Hall–Kier alpha value is -0.160. The quantitative estimate of drug-likeness (QED) is 0.622. The molecule has 2 aromatic carbocycles. The third-order valence-electron chi connectivity index (χ3n) is 2.95. The van der Waals surface area contributed by atoms with E-state index in [4.69, 9.17) is 0 Å². The number of hydrogen-bond donors (Lipinski definition) is 1. The summed E-state index contributed by atoms with van der Waals surface area (Å²) in [7, 11) is 0. The van der Waals surface area contributed by atoms with Gasteiger partial charge in [-0.3, -0.25) is 0 Å². The smallest absolute Gasteiger partial charge is 0.0320 e. The molecule has 0 aliphatic rings. The molecular weight excluding hydrogens is 434 g/mol. The van der Waals surface area contributed by atoms with E-state index in [1.165, 1.54) is 11.1 Å². The zero-order chi connectivity index (χ0) is 13.8. The van der Waals surface area contributed by atoms with E-state index in [-0.39, 0.29) is 0 Å². The van der Waals surface area contributed by atoms with E-state index in [0.29, 0.717) is 6.04 Å². The fraction of sp³-hybridized carbons (Fsp3) is 0.200. The maximum absolute atomic E-state index is 3.53. The second kappa shape index (κ2) is 7.02. The predicted molar refractivity (Wildman–Crippen MR) is 91.2 cm³/mol. The minimum atomic E-state index is 0.319. The van der Waals surface area contributed by atoms with E-state index in [9.17, 15) is 0 Å². The van der Waals surface area contributed by atoms with Gasteiger partial charge in [-0.15, -0.1) is 0 Å². The molecule has 1 nitrogen and oxygen atoms in total. The van der Waals surface area contributed by atoms with Crippen molar-refractivity contribution in [3.63, 3.8) is 0 Å². The van der Waals surface area contributed by atoms with Crippen molar-refractivity contribution in [1.82, 2.24) is 5.32 Å². The summed E-state index contributed by atoms with van der Waals surface area (Å²) >= 11 is 10.5. The first kappa shape index (κ1) is 15.2. The molecule has 0 aromatic heterocycles. The minimum absolute atomic E-state index is 0.319. The summed E-state index contributed by atoms with van der Waals surface area (Å²) in [5, 5.41) is 3.53. The van der Waals surface area contributed by atoms with Crippen LogP contribution in [0.25, 0.3) is 0 Å². The van der Waals surface area contributed by atoms with Crippen molar-refractivity contribution >= 4 is 47.8 Å². The van der Waals surface area contributed by atoms with Crippen LogP contribution in [0.3, 0.4) is 0 Å². The van der Waals surface area contributed by atoms with Gasteiger partial charge in [0.2, 0.25) is 0 Å². The monoisotopic (exact) mass is 445 g/mol. The lowest BCUT2D eigenvalue weighted by atomic mass is 10.1. The number of hydrogen-bond acceptors (Lipinski definition) is 1. The molecule has 0 radical (unpaired) electrons. The van der Waals surface area contributed by atoms with Crippen molar-refractivity contribution in [2.24, 2.45) is 0 Å². The highest BCUT2D eigenvalue weighted by Gasteiger charge is 2.06. The Morgan fingerprint density at radius 1 is 1.00 bits per heavy atom. The molecule has 0 heterocycles. The summed E-state index contributed by atoms with van der Waals surface area (Å²) in [6.07, 6.45) is 0. The number of halogens is 3. The van der Waals surface area contributed by atoms with Gasteiger partial charge in [-0.2, -0.15) is 0 Å². The third-order valence-corrected chi connectivity index (χ3v) is 5.32. The Morgan fingerprint density at radius 3 is 2.47 bits per heavy atom. The van der Waals surface area contributed by atoms with Gasteiger partial charge in [0.1, 0.15) is 0 Å². The van der Waals surface area contributed by atoms with Crippen LogP contribution in [0.2, 0.25) is 0 Å². The highest BCUT2D eigenvalue weighted by Crippen LogP contribution is 2.24. The molecule has 2 rings (SSSR count). The SMILES string of the molecule is C[C@H](NCc1ccc(Br)c(Br)c1)c1cccc(Br)c1. The van der Waals surface area contributed by atoms with E-state index in [1.807, 2.05) is 6.07 Å². The fourth-order valence-corrected chi connectivity index (χ4v) is 2.90. The van der Waals surface area contributed by atoms with Gasteiger partial charge in [-0.05, 0) is 74.2 Å². The molecule has 4 heteroatoms. The lowest BCUT2D eigenvalue weighted by molar-refractivity contribution is 0.574. The minimum Gasteiger partial charge on any atom is -0.306 e. The van der Waals surface area contributed by atoms with Crippen molar-refractivity contribution in [3.05, 3.63) is 67.0 Å². The van der Waals surface area contributed by atoms with Gasteiger partial charge in [0.15, 0.2) is 0 Å². The van der Waals surface area contributed by atoms with Crippen LogP contribution in [0.4, 0.5) is 0 Å². The lowest BCUT2D eigenvalue weighted by Crippen LogP contribution is -2.18. The maximum Gasteiger partial charge on any atom is 0.0320 e. The molecule has 0 saturated carbocycles. The Bertz CT molecular complexity index is 569. The van der Waals surface area contributed by atoms with Crippen molar-refractivity contribution < 1.29 is 0 Å². The molecule has 0 saturated heterocycles. The first-order valence-electron chi connectivity index (χ1n) is 5.99. The van der Waals surface area contributed by atoms with Crippen LogP contribution >= 0.6 is 47.8 Å². The van der Waals surface area contributed by atoms with E-state index < -0.39 is 0 Å². The van der Waals surface area contributed by atoms with E-state index in [0.717, 1.165) is 20.0 Å². The molecule has 2 aromatic rings.